The van der Waals surface area contributed by atoms with Gasteiger partial charge < -0.3 is 15.1 Å². The Morgan fingerprint density at radius 2 is 2.23 bits per heavy atom. The third-order valence-electron chi connectivity index (χ3n) is 4.30. The normalized spacial score (nSPS) is 22.4. The van der Waals surface area contributed by atoms with Crippen molar-refractivity contribution in [3.8, 4) is 0 Å². The molecule has 2 aliphatic rings. The highest BCUT2D eigenvalue weighted by molar-refractivity contribution is 5.96. The molecule has 2 saturated heterocycles. The van der Waals surface area contributed by atoms with Crippen LogP contribution in [-0.2, 0) is 4.79 Å². The second kappa shape index (κ2) is 6.34. The Bertz CT molecular complexity index is 558. The predicted octanol–water partition coefficient (Wildman–Crippen LogP) is 0.890. The van der Waals surface area contributed by atoms with Crippen LogP contribution in [0, 0.1) is 5.92 Å². The van der Waals surface area contributed by atoms with Crippen molar-refractivity contribution in [1.82, 2.24) is 15.2 Å². The summed E-state index contributed by atoms with van der Waals surface area (Å²) >= 11 is 0. The maximum absolute atomic E-state index is 12.4. The molecule has 1 aromatic rings. The van der Waals surface area contributed by atoms with E-state index in [1.807, 2.05) is 12.1 Å². The first-order chi connectivity index (χ1) is 10.6. The molecule has 2 fully saturated rings. The first kappa shape index (κ1) is 14.8. The van der Waals surface area contributed by atoms with Gasteiger partial charge in [0.05, 0.1) is 12.1 Å². The number of pyridine rings is 1. The lowest BCUT2D eigenvalue weighted by Crippen LogP contribution is -2.50. The Morgan fingerprint density at radius 3 is 2.91 bits per heavy atom. The number of piperazine rings is 1. The summed E-state index contributed by atoms with van der Waals surface area (Å²) in [5.74, 6) is 1.38. The van der Waals surface area contributed by atoms with E-state index in [0.29, 0.717) is 24.6 Å². The third-order valence-corrected chi connectivity index (χ3v) is 4.30. The minimum atomic E-state index is -0.124. The summed E-state index contributed by atoms with van der Waals surface area (Å²) < 4.78 is 0. The Morgan fingerprint density at radius 1 is 1.36 bits per heavy atom. The second-order valence-electron chi connectivity index (χ2n) is 6.18. The molecule has 2 amide bonds. The Balaban J connectivity index is 1.68. The number of anilines is 1. The minimum Gasteiger partial charge on any atom is -0.356 e. The molecule has 22 heavy (non-hydrogen) atoms. The molecule has 1 N–H and O–H groups in total. The van der Waals surface area contributed by atoms with Crippen molar-refractivity contribution in [1.29, 1.82) is 0 Å². The topological polar surface area (TPSA) is 65.5 Å². The average Bonchev–Trinajstić information content (AvgIpc) is 2.54. The van der Waals surface area contributed by atoms with Crippen LogP contribution in [0.5, 0.6) is 0 Å². The Labute approximate surface area is 130 Å². The maximum atomic E-state index is 12.4. The van der Waals surface area contributed by atoms with Gasteiger partial charge in [0, 0.05) is 32.4 Å². The van der Waals surface area contributed by atoms with Crippen LogP contribution in [0.1, 0.15) is 30.1 Å². The van der Waals surface area contributed by atoms with Crippen LogP contribution < -0.4 is 10.2 Å². The van der Waals surface area contributed by atoms with E-state index in [1.165, 1.54) is 12.8 Å². The van der Waals surface area contributed by atoms with Crippen molar-refractivity contribution in [3.05, 3.63) is 23.9 Å². The van der Waals surface area contributed by atoms with Gasteiger partial charge in [0.25, 0.3) is 5.91 Å². The molecule has 0 bridgehead atoms. The fourth-order valence-electron chi connectivity index (χ4n) is 3.09. The summed E-state index contributed by atoms with van der Waals surface area (Å²) in [6, 6.07) is 3.73. The van der Waals surface area contributed by atoms with Crippen LogP contribution in [0.15, 0.2) is 18.3 Å². The number of nitrogens with zero attached hydrogens (tertiary/aromatic N) is 3. The number of carbonyl (C=O) groups is 2. The van der Waals surface area contributed by atoms with Gasteiger partial charge in [-0.3, -0.25) is 9.59 Å². The second-order valence-corrected chi connectivity index (χ2v) is 6.18. The molecule has 118 valence electrons. The van der Waals surface area contributed by atoms with Gasteiger partial charge in [0.15, 0.2) is 0 Å². The van der Waals surface area contributed by atoms with E-state index in [9.17, 15) is 9.59 Å². The fourth-order valence-corrected chi connectivity index (χ4v) is 3.09. The molecule has 0 radical (unpaired) electrons. The van der Waals surface area contributed by atoms with E-state index < -0.39 is 0 Å². The standard InChI is InChI=1S/C16H22N4O2/c1-12-3-2-7-19(10-12)14-5-4-13(9-18-14)16(22)20-8-6-17-15(21)11-20/h4-5,9,12H,2-3,6-8,10-11H2,1H3,(H,17,21)/t12-/m0/s1. The summed E-state index contributed by atoms with van der Waals surface area (Å²) in [4.78, 5) is 32.0. The highest BCUT2D eigenvalue weighted by atomic mass is 16.2. The lowest BCUT2D eigenvalue weighted by atomic mass is 10.0. The molecule has 6 heteroatoms. The van der Waals surface area contributed by atoms with Crippen LogP contribution in [0.2, 0.25) is 0 Å². The lowest BCUT2D eigenvalue weighted by molar-refractivity contribution is -0.123. The van der Waals surface area contributed by atoms with Crippen molar-refractivity contribution >= 4 is 17.6 Å². The van der Waals surface area contributed by atoms with Crippen molar-refractivity contribution in [3.63, 3.8) is 0 Å². The number of piperidine rings is 1. The largest absolute Gasteiger partial charge is 0.356 e. The number of rotatable bonds is 2. The number of aromatic nitrogens is 1. The quantitative estimate of drug-likeness (QED) is 0.881. The summed E-state index contributed by atoms with van der Waals surface area (Å²) in [6.07, 6.45) is 4.08. The molecule has 1 aromatic heterocycles. The van der Waals surface area contributed by atoms with Crippen LogP contribution in [0.4, 0.5) is 5.82 Å². The van der Waals surface area contributed by atoms with Crippen molar-refractivity contribution < 1.29 is 9.59 Å². The van der Waals surface area contributed by atoms with Gasteiger partial charge >= 0.3 is 0 Å². The van der Waals surface area contributed by atoms with E-state index in [1.54, 1.807) is 11.1 Å². The van der Waals surface area contributed by atoms with Crippen LogP contribution in [-0.4, -0.2) is 54.4 Å². The molecule has 0 aromatic carbocycles. The molecule has 2 aliphatic heterocycles. The van der Waals surface area contributed by atoms with Gasteiger partial charge in [-0.2, -0.15) is 0 Å². The summed E-state index contributed by atoms with van der Waals surface area (Å²) in [5, 5.41) is 2.72. The third kappa shape index (κ3) is 3.21. The SMILES string of the molecule is C[C@H]1CCCN(c2ccc(C(=O)N3CCNC(=O)C3)cn2)C1. The maximum Gasteiger partial charge on any atom is 0.255 e. The number of amides is 2. The summed E-state index contributed by atoms with van der Waals surface area (Å²) in [5.41, 5.74) is 0.545. The molecule has 3 heterocycles. The molecule has 1 atom stereocenters. The molecular weight excluding hydrogens is 280 g/mol. The zero-order chi connectivity index (χ0) is 15.5. The highest BCUT2D eigenvalue weighted by Crippen LogP contribution is 2.21. The zero-order valence-corrected chi connectivity index (χ0v) is 12.9. The van der Waals surface area contributed by atoms with Crippen molar-refractivity contribution in [2.75, 3.05) is 37.6 Å². The average molecular weight is 302 g/mol. The van der Waals surface area contributed by atoms with Gasteiger partial charge in [0.1, 0.15) is 5.82 Å². The van der Waals surface area contributed by atoms with Gasteiger partial charge in [-0.15, -0.1) is 0 Å². The highest BCUT2D eigenvalue weighted by Gasteiger charge is 2.23. The molecule has 0 saturated carbocycles. The van der Waals surface area contributed by atoms with Gasteiger partial charge in [-0.25, -0.2) is 4.98 Å². The first-order valence-corrected chi connectivity index (χ1v) is 7.90. The molecule has 6 nitrogen and oxygen atoms in total. The van der Waals surface area contributed by atoms with E-state index in [2.05, 4.69) is 22.1 Å². The van der Waals surface area contributed by atoms with Gasteiger partial charge in [-0.1, -0.05) is 6.92 Å². The molecule has 3 rings (SSSR count). The summed E-state index contributed by atoms with van der Waals surface area (Å²) in [7, 11) is 0. The molecule has 0 spiro atoms. The van der Waals surface area contributed by atoms with Crippen molar-refractivity contribution in [2.24, 2.45) is 5.92 Å². The van der Waals surface area contributed by atoms with E-state index in [4.69, 9.17) is 0 Å². The van der Waals surface area contributed by atoms with Crippen molar-refractivity contribution in [2.45, 2.75) is 19.8 Å². The Kier molecular flexibility index (Phi) is 4.27. The number of hydrogen-bond donors (Lipinski definition) is 1. The van der Waals surface area contributed by atoms with Crippen LogP contribution in [0.3, 0.4) is 0 Å². The monoisotopic (exact) mass is 302 g/mol. The number of nitrogens with one attached hydrogen (secondary N) is 1. The first-order valence-electron chi connectivity index (χ1n) is 7.90. The smallest absolute Gasteiger partial charge is 0.255 e. The lowest BCUT2D eigenvalue weighted by Gasteiger charge is -2.32. The zero-order valence-electron chi connectivity index (χ0n) is 12.9. The molecule has 0 unspecified atom stereocenters. The number of hydrogen-bond acceptors (Lipinski definition) is 4. The molecular formula is C16H22N4O2. The predicted molar refractivity (Wildman–Crippen MR) is 83.8 cm³/mol. The molecule has 0 aliphatic carbocycles. The Hall–Kier alpha value is -2.11. The van der Waals surface area contributed by atoms with Crippen LogP contribution in [0.25, 0.3) is 0 Å². The van der Waals surface area contributed by atoms with Gasteiger partial charge in [-0.05, 0) is 30.9 Å². The van der Waals surface area contributed by atoms with E-state index >= 15 is 0 Å². The number of carbonyl (C=O) groups excluding carboxylic acids is 2. The summed E-state index contributed by atoms with van der Waals surface area (Å²) in [6.45, 7) is 5.50. The van der Waals surface area contributed by atoms with Crippen LogP contribution >= 0.6 is 0 Å². The fraction of sp³-hybridized carbons (Fsp3) is 0.562. The minimum absolute atomic E-state index is 0.105. The van der Waals surface area contributed by atoms with E-state index in [-0.39, 0.29) is 18.4 Å². The van der Waals surface area contributed by atoms with Gasteiger partial charge in [0.2, 0.25) is 5.91 Å². The van der Waals surface area contributed by atoms with E-state index in [0.717, 1.165) is 18.9 Å².